The first kappa shape index (κ1) is 21.0. The molecule has 0 aliphatic carbocycles. The Balaban J connectivity index is 1.93. The van der Waals surface area contributed by atoms with Crippen LogP contribution in [0.3, 0.4) is 0 Å². The molecule has 0 unspecified atom stereocenters. The molecular weight excluding hydrogens is 318 g/mol. The number of carbonyl (C=O) groups excluding carboxylic acids is 2. The quantitative estimate of drug-likeness (QED) is 0.418. The topological polar surface area (TPSA) is 64.6 Å². The maximum Gasteiger partial charge on any atom is 0.407 e. The van der Waals surface area contributed by atoms with Gasteiger partial charge in [-0.3, -0.25) is 4.79 Å². The smallest absolute Gasteiger partial charge is 0.407 e. The van der Waals surface area contributed by atoms with Crippen LogP contribution in [0, 0.1) is 0 Å². The van der Waals surface area contributed by atoms with Crippen molar-refractivity contribution in [1.29, 1.82) is 0 Å². The van der Waals surface area contributed by atoms with E-state index in [-0.39, 0.29) is 25.5 Å². The first-order chi connectivity index (χ1) is 12.2. The highest BCUT2D eigenvalue weighted by molar-refractivity contribution is 5.71. The molecule has 0 heterocycles. The molecule has 5 heteroatoms. The highest BCUT2D eigenvalue weighted by Crippen LogP contribution is 2.07. The third-order valence-electron chi connectivity index (χ3n) is 3.82. The van der Waals surface area contributed by atoms with E-state index in [9.17, 15) is 9.59 Å². The predicted octanol–water partition coefficient (Wildman–Crippen LogP) is 4.60. The minimum atomic E-state index is -0.524. The summed E-state index contributed by atoms with van der Waals surface area (Å²) < 4.78 is 10.2. The largest absolute Gasteiger partial charge is 0.466 e. The van der Waals surface area contributed by atoms with Crippen molar-refractivity contribution >= 4 is 12.1 Å². The van der Waals surface area contributed by atoms with Crippen LogP contribution in [0.2, 0.25) is 0 Å². The van der Waals surface area contributed by atoms with E-state index in [0.29, 0.717) is 6.61 Å². The second-order valence-electron chi connectivity index (χ2n) is 6.08. The van der Waals surface area contributed by atoms with Gasteiger partial charge in [-0.25, -0.2) is 4.79 Å². The summed E-state index contributed by atoms with van der Waals surface area (Å²) in [4.78, 5) is 23.1. The molecule has 5 nitrogen and oxygen atoms in total. The minimum Gasteiger partial charge on any atom is -0.466 e. The average molecular weight is 349 g/mol. The standard InChI is InChI=1S/C20H31NO4/c1-2-3-4-5-6-7-11-16-24-19(22)14-15-21-20(23)25-17-18-12-9-8-10-13-18/h8-10,12-13H,2-7,11,14-17H2,1H3,(H,21,23). The number of rotatable bonds is 13. The van der Waals surface area contributed by atoms with Gasteiger partial charge in [-0.05, 0) is 12.0 Å². The summed E-state index contributed by atoms with van der Waals surface area (Å²) in [7, 11) is 0. The predicted molar refractivity (Wildman–Crippen MR) is 98.2 cm³/mol. The lowest BCUT2D eigenvalue weighted by molar-refractivity contribution is -0.143. The molecule has 0 saturated carbocycles. The van der Waals surface area contributed by atoms with Crippen LogP contribution >= 0.6 is 0 Å². The van der Waals surface area contributed by atoms with Crippen LogP contribution in [0.5, 0.6) is 0 Å². The van der Waals surface area contributed by atoms with Gasteiger partial charge in [0.2, 0.25) is 0 Å². The Bertz CT molecular complexity index is 476. The van der Waals surface area contributed by atoms with Crippen LogP contribution in [0.15, 0.2) is 30.3 Å². The Labute approximate surface area is 151 Å². The molecular formula is C20H31NO4. The third kappa shape index (κ3) is 12.0. The molecule has 0 atom stereocenters. The molecule has 0 aromatic heterocycles. The molecule has 1 amide bonds. The summed E-state index contributed by atoms with van der Waals surface area (Å²) in [6.45, 7) is 3.11. The maximum absolute atomic E-state index is 11.6. The van der Waals surface area contributed by atoms with Crippen molar-refractivity contribution in [3.8, 4) is 0 Å². The van der Waals surface area contributed by atoms with Crippen molar-refractivity contribution in [1.82, 2.24) is 5.32 Å². The van der Waals surface area contributed by atoms with Gasteiger partial charge < -0.3 is 14.8 Å². The van der Waals surface area contributed by atoms with Gasteiger partial charge in [-0.2, -0.15) is 0 Å². The van der Waals surface area contributed by atoms with Gasteiger partial charge >= 0.3 is 12.1 Å². The first-order valence-corrected chi connectivity index (χ1v) is 9.32. The van der Waals surface area contributed by atoms with E-state index in [0.717, 1.165) is 18.4 Å². The molecule has 1 aromatic carbocycles. The molecule has 0 aliphatic heterocycles. The normalized spacial score (nSPS) is 10.3. The van der Waals surface area contributed by atoms with E-state index in [1.807, 2.05) is 30.3 Å². The molecule has 0 spiro atoms. The number of ether oxygens (including phenoxy) is 2. The second kappa shape index (κ2) is 14.3. The number of benzene rings is 1. The highest BCUT2D eigenvalue weighted by atomic mass is 16.5. The maximum atomic E-state index is 11.6. The zero-order valence-electron chi connectivity index (χ0n) is 15.3. The van der Waals surface area contributed by atoms with E-state index in [2.05, 4.69) is 12.2 Å². The molecule has 140 valence electrons. The van der Waals surface area contributed by atoms with Crippen molar-refractivity contribution in [3.63, 3.8) is 0 Å². The molecule has 1 N–H and O–H groups in total. The van der Waals surface area contributed by atoms with Crippen molar-refractivity contribution < 1.29 is 19.1 Å². The molecule has 1 rings (SSSR count). The number of alkyl carbamates (subject to hydrolysis) is 1. The molecule has 0 saturated heterocycles. The van der Waals surface area contributed by atoms with Crippen molar-refractivity contribution in [2.45, 2.75) is 64.9 Å². The number of carbonyl (C=O) groups is 2. The number of nitrogens with one attached hydrogen (secondary N) is 1. The Morgan fingerprint density at radius 3 is 2.32 bits per heavy atom. The number of hydrogen-bond donors (Lipinski definition) is 1. The van der Waals surface area contributed by atoms with Crippen molar-refractivity contribution in [3.05, 3.63) is 35.9 Å². The second-order valence-corrected chi connectivity index (χ2v) is 6.08. The Hall–Kier alpha value is -2.04. The molecule has 1 aromatic rings. The monoisotopic (exact) mass is 349 g/mol. The molecule has 0 aliphatic rings. The van der Waals surface area contributed by atoms with E-state index >= 15 is 0 Å². The van der Waals surface area contributed by atoms with E-state index in [4.69, 9.17) is 9.47 Å². The fourth-order valence-electron chi connectivity index (χ4n) is 2.36. The van der Waals surface area contributed by atoms with Crippen molar-refractivity contribution in [2.75, 3.05) is 13.2 Å². The Morgan fingerprint density at radius 2 is 1.60 bits per heavy atom. The lowest BCUT2D eigenvalue weighted by Crippen LogP contribution is -2.27. The van der Waals surface area contributed by atoms with Crippen LogP contribution in [-0.4, -0.2) is 25.2 Å². The first-order valence-electron chi connectivity index (χ1n) is 9.32. The fraction of sp³-hybridized carbons (Fsp3) is 0.600. The summed E-state index contributed by atoms with van der Waals surface area (Å²) in [5.41, 5.74) is 0.923. The summed E-state index contributed by atoms with van der Waals surface area (Å²) >= 11 is 0. The number of esters is 1. The van der Waals surface area contributed by atoms with Crippen LogP contribution in [-0.2, 0) is 20.9 Å². The summed E-state index contributed by atoms with van der Waals surface area (Å²) in [5.74, 6) is -0.283. The summed E-state index contributed by atoms with van der Waals surface area (Å²) in [6, 6.07) is 9.44. The van der Waals surface area contributed by atoms with Crippen molar-refractivity contribution in [2.24, 2.45) is 0 Å². The van der Waals surface area contributed by atoms with Gasteiger partial charge in [0.05, 0.1) is 13.0 Å². The van der Waals surface area contributed by atoms with Gasteiger partial charge in [-0.1, -0.05) is 75.8 Å². The number of hydrogen-bond acceptors (Lipinski definition) is 4. The van der Waals surface area contributed by atoms with Crippen LogP contribution < -0.4 is 5.32 Å². The lowest BCUT2D eigenvalue weighted by Gasteiger charge is -2.07. The highest BCUT2D eigenvalue weighted by Gasteiger charge is 2.06. The summed E-state index contributed by atoms with van der Waals surface area (Å²) in [5, 5.41) is 2.55. The van der Waals surface area contributed by atoms with Crippen LogP contribution in [0.4, 0.5) is 4.79 Å². The van der Waals surface area contributed by atoms with E-state index < -0.39 is 6.09 Å². The molecule has 0 bridgehead atoms. The fourth-order valence-corrected chi connectivity index (χ4v) is 2.36. The number of amides is 1. The van der Waals surface area contributed by atoms with Gasteiger partial charge in [-0.15, -0.1) is 0 Å². The number of unbranched alkanes of at least 4 members (excludes halogenated alkanes) is 6. The zero-order chi connectivity index (χ0) is 18.2. The SMILES string of the molecule is CCCCCCCCCOC(=O)CCNC(=O)OCc1ccccc1. The van der Waals surface area contributed by atoms with Gasteiger partial charge in [0, 0.05) is 6.54 Å². The van der Waals surface area contributed by atoms with Gasteiger partial charge in [0.25, 0.3) is 0 Å². The van der Waals surface area contributed by atoms with Gasteiger partial charge in [0.15, 0.2) is 0 Å². The average Bonchev–Trinajstić information content (AvgIpc) is 2.63. The zero-order valence-corrected chi connectivity index (χ0v) is 15.3. The molecule has 0 fully saturated rings. The van der Waals surface area contributed by atoms with E-state index in [1.54, 1.807) is 0 Å². The molecule has 0 radical (unpaired) electrons. The van der Waals surface area contributed by atoms with E-state index in [1.165, 1.54) is 32.1 Å². The lowest BCUT2D eigenvalue weighted by atomic mass is 10.1. The minimum absolute atomic E-state index is 0.164. The third-order valence-corrected chi connectivity index (χ3v) is 3.82. The summed E-state index contributed by atoms with van der Waals surface area (Å²) in [6.07, 6.45) is 7.96. The Morgan fingerprint density at radius 1 is 0.920 bits per heavy atom. The Kier molecular flexibility index (Phi) is 12.0. The molecule has 25 heavy (non-hydrogen) atoms. The van der Waals surface area contributed by atoms with Crippen LogP contribution in [0.1, 0.15) is 63.9 Å². The van der Waals surface area contributed by atoms with Crippen LogP contribution in [0.25, 0.3) is 0 Å². The van der Waals surface area contributed by atoms with Gasteiger partial charge in [0.1, 0.15) is 6.61 Å².